The topological polar surface area (TPSA) is 48.2 Å². The number of hydrogen-bond acceptors (Lipinski definition) is 2. The van der Waals surface area contributed by atoms with Gasteiger partial charge in [-0.05, 0) is 19.9 Å². The summed E-state index contributed by atoms with van der Waals surface area (Å²) in [6.45, 7) is 3.84. The molecule has 17 heavy (non-hydrogen) atoms. The molecule has 1 aromatic rings. The molecular weight excluding hydrogens is 210 g/mol. The largest absolute Gasteiger partial charge is 0.276 e. The summed E-state index contributed by atoms with van der Waals surface area (Å²) in [5, 5.41) is 11.3. The third-order valence-corrected chi connectivity index (χ3v) is 2.10. The Balaban J connectivity index is 3.10. The fourth-order valence-corrected chi connectivity index (χ4v) is 1.31. The summed E-state index contributed by atoms with van der Waals surface area (Å²) in [5.74, 6) is 0.555. The van der Waals surface area contributed by atoms with Crippen molar-refractivity contribution in [2.75, 3.05) is 0 Å². The van der Waals surface area contributed by atoms with E-state index in [0.717, 1.165) is 11.3 Å². The Bertz CT molecular complexity index is 476. The van der Waals surface area contributed by atoms with Gasteiger partial charge >= 0.3 is 0 Å². The molecule has 0 atom stereocenters. The predicted octanol–water partition coefficient (Wildman–Crippen LogP) is 2.98. The number of allylic oxidation sites excluding steroid dienone is 3. The van der Waals surface area contributed by atoms with E-state index in [2.05, 4.69) is 10.3 Å². The van der Waals surface area contributed by atoms with E-state index >= 15 is 0 Å². The van der Waals surface area contributed by atoms with Gasteiger partial charge in [0.2, 0.25) is 0 Å². The van der Waals surface area contributed by atoms with Crippen LogP contribution in [0.3, 0.4) is 0 Å². The lowest BCUT2D eigenvalue weighted by atomic mass is 10.2. The van der Waals surface area contributed by atoms with Crippen molar-refractivity contribution in [1.82, 2.24) is 5.32 Å². The molecular formula is C14H15N3. The fourth-order valence-electron chi connectivity index (χ4n) is 1.31. The third kappa shape index (κ3) is 3.96. The zero-order chi connectivity index (χ0) is 12.5. The minimum Gasteiger partial charge on any atom is -0.276 e. The number of nitrogens with zero attached hydrogens (tertiary/aromatic N) is 2. The minimum absolute atomic E-state index is 0.555. The molecule has 0 bridgehead atoms. The van der Waals surface area contributed by atoms with Crippen molar-refractivity contribution in [2.45, 2.75) is 13.8 Å². The van der Waals surface area contributed by atoms with E-state index in [1.165, 1.54) is 0 Å². The van der Waals surface area contributed by atoms with Crippen LogP contribution in [0, 0.1) is 11.5 Å². The van der Waals surface area contributed by atoms with Crippen LogP contribution in [0.25, 0.3) is 0 Å². The number of nitriles is 1. The van der Waals surface area contributed by atoms with E-state index in [4.69, 9.17) is 5.26 Å². The smallest absolute Gasteiger partial charge is 0.182 e. The lowest BCUT2D eigenvalue weighted by molar-refractivity contribution is 1.22. The first-order valence-corrected chi connectivity index (χ1v) is 5.40. The van der Waals surface area contributed by atoms with Crippen molar-refractivity contribution in [3.05, 3.63) is 59.8 Å². The van der Waals surface area contributed by atoms with E-state index in [1.54, 1.807) is 0 Å². The van der Waals surface area contributed by atoms with Crippen molar-refractivity contribution in [3.8, 4) is 6.19 Å². The van der Waals surface area contributed by atoms with Crippen molar-refractivity contribution in [3.63, 3.8) is 0 Å². The van der Waals surface area contributed by atoms with Gasteiger partial charge < -0.3 is 0 Å². The molecule has 3 nitrogen and oxygen atoms in total. The van der Waals surface area contributed by atoms with Gasteiger partial charge in [0.05, 0.1) is 5.70 Å². The second kappa shape index (κ2) is 7.02. The number of nitrogens with one attached hydrogen (secondary N) is 1. The highest BCUT2D eigenvalue weighted by molar-refractivity contribution is 6.00. The van der Waals surface area contributed by atoms with E-state index in [0.29, 0.717) is 5.84 Å². The highest BCUT2D eigenvalue weighted by atomic mass is 15.0. The van der Waals surface area contributed by atoms with Crippen LogP contribution in [0.15, 0.2) is 59.2 Å². The molecule has 3 heteroatoms. The van der Waals surface area contributed by atoms with Gasteiger partial charge in [-0.25, -0.2) is 4.99 Å². The minimum atomic E-state index is 0.555. The summed E-state index contributed by atoms with van der Waals surface area (Å²) in [7, 11) is 0. The summed E-state index contributed by atoms with van der Waals surface area (Å²) in [6, 6.07) is 9.57. The van der Waals surface area contributed by atoms with Crippen LogP contribution in [0.1, 0.15) is 19.4 Å². The lowest BCUT2D eigenvalue weighted by Gasteiger charge is -2.04. The van der Waals surface area contributed by atoms with Crippen LogP contribution >= 0.6 is 0 Å². The fraction of sp³-hybridized carbons (Fsp3) is 0.143. The molecule has 1 N–H and O–H groups in total. The van der Waals surface area contributed by atoms with Crippen LogP contribution in [0.2, 0.25) is 0 Å². The molecule has 0 spiro atoms. The van der Waals surface area contributed by atoms with Gasteiger partial charge in [-0.1, -0.05) is 42.5 Å². The van der Waals surface area contributed by atoms with Crippen LogP contribution < -0.4 is 5.32 Å². The highest BCUT2D eigenvalue weighted by Crippen LogP contribution is 2.05. The first-order valence-electron chi connectivity index (χ1n) is 5.40. The third-order valence-electron chi connectivity index (χ3n) is 2.10. The average Bonchev–Trinajstić information content (AvgIpc) is 2.38. The second-order valence-corrected chi connectivity index (χ2v) is 3.28. The van der Waals surface area contributed by atoms with Crippen LogP contribution in [-0.2, 0) is 0 Å². The Morgan fingerprint density at radius 2 is 2.00 bits per heavy atom. The second-order valence-electron chi connectivity index (χ2n) is 3.28. The van der Waals surface area contributed by atoms with Gasteiger partial charge in [-0.3, -0.25) is 5.32 Å². The molecule has 0 aliphatic carbocycles. The molecule has 0 saturated carbocycles. The summed E-state index contributed by atoms with van der Waals surface area (Å²) in [4.78, 5) is 4.40. The van der Waals surface area contributed by atoms with E-state index in [1.807, 2.05) is 68.6 Å². The Morgan fingerprint density at radius 3 is 2.53 bits per heavy atom. The SMILES string of the molecule is C/C=C\C(=C/C)N=C(NC#N)c1ccccc1. The monoisotopic (exact) mass is 225 g/mol. The number of aliphatic imine (C=N–C) groups is 1. The van der Waals surface area contributed by atoms with Crippen molar-refractivity contribution in [2.24, 2.45) is 4.99 Å². The molecule has 0 radical (unpaired) electrons. The highest BCUT2D eigenvalue weighted by Gasteiger charge is 2.01. The average molecular weight is 225 g/mol. The predicted molar refractivity (Wildman–Crippen MR) is 70.3 cm³/mol. The molecule has 0 amide bonds. The molecule has 0 aliphatic heterocycles. The molecule has 0 heterocycles. The van der Waals surface area contributed by atoms with Crippen molar-refractivity contribution >= 4 is 5.84 Å². The molecule has 0 aromatic heterocycles. The van der Waals surface area contributed by atoms with E-state index in [-0.39, 0.29) is 0 Å². The normalized spacial score (nSPS) is 12.5. The Morgan fingerprint density at radius 1 is 1.29 bits per heavy atom. The van der Waals surface area contributed by atoms with Gasteiger partial charge in [-0.15, -0.1) is 0 Å². The molecule has 1 rings (SSSR count). The standard InChI is InChI=1S/C14H15N3/c1-3-8-13(4-2)17-14(16-11-15)12-9-6-5-7-10-12/h3-10H,1-2H3,(H,16,17)/b8-3-,13-4+. The maximum Gasteiger partial charge on any atom is 0.182 e. The van der Waals surface area contributed by atoms with Gasteiger partial charge in [-0.2, -0.15) is 5.26 Å². The van der Waals surface area contributed by atoms with Gasteiger partial charge in [0.25, 0.3) is 0 Å². The lowest BCUT2D eigenvalue weighted by Crippen LogP contribution is -2.19. The van der Waals surface area contributed by atoms with Crippen molar-refractivity contribution in [1.29, 1.82) is 5.26 Å². The molecule has 0 fully saturated rings. The number of rotatable bonds is 3. The maximum atomic E-state index is 8.73. The van der Waals surface area contributed by atoms with E-state index in [9.17, 15) is 0 Å². The van der Waals surface area contributed by atoms with E-state index < -0.39 is 0 Å². The van der Waals surface area contributed by atoms with Crippen molar-refractivity contribution < 1.29 is 0 Å². The molecule has 0 unspecified atom stereocenters. The summed E-state index contributed by atoms with van der Waals surface area (Å²) in [6.07, 6.45) is 7.60. The van der Waals surface area contributed by atoms with Crippen LogP contribution in [0.5, 0.6) is 0 Å². The molecule has 86 valence electrons. The number of amidine groups is 1. The molecule has 1 aromatic carbocycles. The Kier molecular flexibility index (Phi) is 5.26. The first-order chi connectivity index (χ1) is 8.31. The van der Waals surface area contributed by atoms with Gasteiger partial charge in [0.15, 0.2) is 6.19 Å². The maximum absolute atomic E-state index is 8.73. The number of hydrogen-bond donors (Lipinski definition) is 1. The summed E-state index contributed by atoms with van der Waals surface area (Å²) in [5.41, 5.74) is 1.70. The Hall–Kier alpha value is -2.34. The zero-order valence-electron chi connectivity index (χ0n) is 10.0. The van der Waals surface area contributed by atoms with Gasteiger partial charge in [0.1, 0.15) is 5.84 Å². The summed E-state index contributed by atoms with van der Waals surface area (Å²) >= 11 is 0. The van der Waals surface area contributed by atoms with Gasteiger partial charge in [0, 0.05) is 5.56 Å². The number of benzene rings is 1. The molecule has 0 aliphatic rings. The van der Waals surface area contributed by atoms with Crippen LogP contribution in [0.4, 0.5) is 0 Å². The quantitative estimate of drug-likeness (QED) is 0.282. The van der Waals surface area contributed by atoms with Crippen LogP contribution in [-0.4, -0.2) is 5.84 Å². The first kappa shape index (κ1) is 12.7. The Labute approximate surface area is 102 Å². The zero-order valence-corrected chi connectivity index (χ0v) is 10.0. The molecule has 0 saturated heterocycles. The summed E-state index contributed by atoms with van der Waals surface area (Å²) < 4.78 is 0.